The van der Waals surface area contributed by atoms with E-state index in [0.29, 0.717) is 11.7 Å². The molecule has 1 fully saturated rings. The maximum absolute atomic E-state index is 12.8. The molecule has 0 radical (unpaired) electrons. The van der Waals surface area contributed by atoms with Gasteiger partial charge in [-0.25, -0.2) is 0 Å². The zero-order valence-electron chi connectivity index (χ0n) is 14.8. The van der Waals surface area contributed by atoms with Crippen molar-refractivity contribution >= 4 is 40.4 Å². The maximum atomic E-state index is 12.8. The Hall–Kier alpha value is -2.12. The van der Waals surface area contributed by atoms with Crippen LogP contribution in [-0.4, -0.2) is 34.5 Å². The molecule has 2 heterocycles. The van der Waals surface area contributed by atoms with Gasteiger partial charge in [0.1, 0.15) is 5.75 Å². The fourth-order valence-corrected chi connectivity index (χ4v) is 4.38. The van der Waals surface area contributed by atoms with Gasteiger partial charge in [-0.15, -0.1) is 16.4 Å². The van der Waals surface area contributed by atoms with E-state index >= 15 is 0 Å². The van der Waals surface area contributed by atoms with Crippen molar-refractivity contribution in [3.63, 3.8) is 0 Å². The number of benzene rings is 1. The molecule has 1 aliphatic heterocycles. The van der Waals surface area contributed by atoms with E-state index in [1.807, 2.05) is 41.8 Å². The number of hydrogen-bond donors (Lipinski definition) is 0. The fraction of sp³-hybridized carbons (Fsp3) is 0.316. The molecule has 3 rings (SSSR count). The summed E-state index contributed by atoms with van der Waals surface area (Å²) in [7, 11) is 1.64. The van der Waals surface area contributed by atoms with Crippen molar-refractivity contribution in [3.05, 3.63) is 52.2 Å². The molecule has 0 aliphatic carbocycles. The Morgan fingerprint density at radius 2 is 2.08 bits per heavy atom. The normalized spacial score (nSPS) is 19.0. The van der Waals surface area contributed by atoms with Crippen LogP contribution in [0.5, 0.6) is 5.75 Å². The van der Waals surface area contributed by atoms with Crippen molar-refractivity contribution in [1.29, 1.82) is 0 Å². The third-order valence-electron chi connectivity index (χ3n) is 3.94. The van der Waals surface area contributed by atoms with Crippen molar-refractivity contribution in [2.45, 2.75) is 31.6 Å². The minimum absolute atomic E-state index is 0.0751. The average molecular weight is 388 g/mol. The number of thiophene rings is 1. The van der Waals surface area contributed by atoms with Crippen LogP contribution in [0.4, 0.5) is 0 Å². The molecule has 1 amide bonds. The van der Waals surface area contributed by atoms with Gasteiger partial charge in [0.25, 0.3) is 0 Å². The molecule has 7 heteroatoms. The van der Waals surface area contributed by atoms with Crippen LogP contribution in [0.2, 0.25) is 0 Å². The van der Waals surface area contributed by atoms with Gasteiger partial charge >= 0.3 is 0 Å². The summed E-state index contributed by atoms with van der Waals surface area (Å²) in [6, 6.07) is 11.7. The molecule has 1 aromatic heterocycles. The summed E-state index contributed by atoms with van der Waals surface area (Å²) in [5.74, 6) is 0.909. The molecule has 2 aromatic rings. The molecule has 1 atom stereocenters. The van der Waals surface area contributed by atoms with Crippen LogP contribution in [0.15, 0.2) is 52.0 Å². The van der Waals surface area contributed by atoms with Crippen LogP contribution < -0.4 is 4.74 Å². The first kappa shape index (κ1) is 18.7. The molecule has 0 saturated carbocycles. The summed E-state index contributed by atoms with van der Waals surface area (Å²) in [5.41, 5.74) is 1.03. The molecule has 0 bridgehead atoms. The number of nitrogens with zero attached hydrogens (tertiary/aromatic N) is 3. The van der Waals surface area contributed by atoms with E-state index in [2.05, 4.69) is 17.1 Å². The van der Waals surface area contributed by atoms with Crippen molar-refractivity contribution in [2.24, 2.45) is 10.2 Å². The summed E-state index contributed by atoms with van der Waals surface area (Å²) >= 11 is 3.11. The highest BCUT2D eigenvalue weighted by Crippen LogP contribution is 2.32. The molecule has 0 spiro atoms. The van der Waals surface area contributed by atoms with Gasteiger partial charge < -0.3 is 4.74 Å². The second-order valence-electron chi connectivity index (χ2n) is 5.81. The lowest BCUT2D eigenvalue weighted by molar-refractivity contribution is -0.126. The molecule has 136 valence electrons. The van der Waals surface area contributed by atoms with Crippen molar-refractivity contribution in [1.82, 2.24) is 4.90 Å². The van der Waals surface area contributed by atoms with Crippen LogP contribution in [0.1, 0.15) is 30.2 Å². The van der Waals surface area contributed by atoms with E-state index in [0.717, 1.165) is 29.0 Å². The lowest BCUT2D eigenvalue weighted by Crippen LogP contribution is -2.31. The second-order valence-corrected chi connectivity index (χ2v) is 7.96. The molecule has 1 aromatic carbocycles. The molecule has 1 aliphatic rings. The lowest BCUT2D eigenvalue weighted by Gasteiger charge is -2.16. The number of methoxy groups -OCH3 is 1. The Bertz CT molecular complexity index is 786. The molecule has 1 saturated heterocycles. The molecule has 26 heavy (non-hydrogen) atoms. The summed E-state index contributed by atoms with van der Waals surface area (Å²) in [6.07, 6.45) is 3.53. The quantitative estimate of drug-likeness (QED) is 0.523. The highest BCUT2D eigenvalue weighted by Gasteiger charge is 2.37. The number of carbonyl (C=O) groups is 1. The van der Waals surface area contributed by atoms with Gasteiger partial charge in [0.15, 0.2) is 5.17 Å². The summed E-state index contributed by atoms with van der Waals surface area (Å²) in [5, 5.41) is 11.1. The minimum atomic E-state index is -0.0751. The van der Waals surface area contributed by atoms with Crippen molar-refractivity contribution in [2.75, 3.05) is 7.11 Å². The molecular weight excluding hydrogens is 366 g/mol. The fourth-order valence-electron chi connectivity index (χ4n) is 2.59. The van der Waals surface area contributed by atoms with E-state index in [9.17, 15) is 4.79 Å². The number of amides is 1. The second kappa shape index (κ2) is 9.00. The number of rotatable bonds is 7. The van der Waals surface area contributed by atoms with Gasteiger partial charge in [-0.2, -0.15) is 5.10 Å². The number of ether oxygens (including phenoxy) is 1. The van der Waals surface area contributed by atoms with Crippen LogP contribution in [0.3, 0.4) is 0 Å². The Labute approximate surface area is 161 Å². The van der Waals surface area contributed by atoms with Gasteiger partial charge in [0.05, 0.1) is 25.1 Å². The Balaban J connectivity index is 1.78. The highest BCUT2D eigenvalue weighted by molar-refractivity contribution is 8.15. The zero-order chi connectivity index (χ0) is 18.4. The first-order valence-corrected chi connectivity index (χ1v) is 10.2. The lowest BCUT2D eigenvalue weighted by atomic mass is 10.2. The average Bonchev–Trinajstić information content (AvgIpc) is 3.27. The molecular formula is C19H21N3O2S2. The third-order valence-corrected chi connectivity index (χ3v) is 5.98. The van der Waals surface area contributed by atoms with Crippen LogP contribution in [0, 0.1) is 0 Å². The zero-order valence-corrected chi connectivity index (χ0v) is 16.4. The van der Waals surface area contributed by atoms with E-state index < -0.39 is 0 Å². The van der Waals surface area contributed by atoms with E-state index in [-0.39, 0.29) is 11.2 Å². The summed E-state index contributed by atoms with van der Waals surface area (Å²) in [4.78, 5) is 15.5. The highest BCUT2D eigenvalue weighted by atomic mass is 32.2. The van der Waals surface area contributed by atoms with Crippen LogP contribution in [0.25, 0.3) is 0 Å². The number of hydrogen-bond acceptors (Lipinski definition) is 6. The topological polar surface area (TPSA) is 54.3 Å². The Morgan fingerprint density at radius 1 is 1.27 bits per heavy atom. The predicted molar refractivity (Wildman–Crippen MR) is 109 cm³/mol. The predicted octanol–water partition coefficient (Wildman–Crippen LogP) is 4.39. The van der Waals surface area contributed by atoms with Gasteiger partial charge in [-0.05, 0) is 35.6 Å². The largest absolute Gasteiger partial charge is 0.497 e. The van der Waals surface area contributed by atoms with Crippen LogP contribution >= 0.6 is 23.1 Å². The molecule has 0 N–H and O–H groups in total. The van der Waals surface area contributed by atoms with Crippen molar-refractivity contribution < 1.29 is 9.53 Å². The van der Waals surface area contributed by atoms with Crippen LogP contribution in [-0.2, 0) is 11.3 Å². The first-order valence-electron chi connectivity index (χ1n) is 8.46. The Morgan fingerprint density at radius 3 is 2.73 bits per heavy atom. The summed E-state index contributed by atoms with van der Waals surface area (Å²) in [6.45, 7) is 2.58. The molecule has 5 nitrogen and oxygen atoms in total. The van der Waals surface area contributed by atoms with E-state index in [1.54, 1.807) is 29.6 Å². The van der Waals surface area contributed by atoms with Gasteiger partial charge in [0.2, 0.25) is 5.91 Å². The standard InChI is InChI=1S/C19H21N3O2S2/c1-3-5-17-18(23)22(13-14-7-9-15(24-2)10-8-14)19(26-17)21-20-12-16-6-4-11-25-16/h4,6-12,17H,3,5,13H2,1-2H3/b20-12-,21-19+/t17-/m0/s1. The van der Waals surface area contributed by atoms with E-state index in [4.69, 9.17) is 4.74 Å². The Kier molecular flexibility index (Phi) is 6.46. The minimum Gasteiger partial charge on any atom is -0.497 e. The first-order chi connectivity index (χ1) is 12.7. The third kappa shape index (κ3) is 4.53. The number of carbonyl (C=O) groups excluding carboxylic acids is 1. The smallest absolute Gasteiger partial charge is 0.242 e. The van der Waals surface area contributed by atoms with E-state index in [1.165, 1.54) is 11.8 Å². The van der Waals surface area contributed by atoms with Gasteiger partial charge in [-0.1, -0.05) is 43.3 Å². The number of thioether (sulfide) groups is 1. The molecule has 0 unspecified atom stereocenters. The van der Waals surface area contributed by atoms with Gasteiger partial charge in [0, 0.05) is 4.88 Å². The monoisotopic (exact) mass is 387 g/mol. The summed E-state index contributed by atoms with van der Waals surface area (Å²) < 4.78 is 5.19. The maximum Gasteiger partial charge on any atom is 0.242 e. The number of amidine groups is 1. The van der Waals surface area contributed by atoms with Gasteiger partial charge in [-0.3, -0.25) is 9.69 Å². The van der Waals surface area contributed by atoms with Crippen molar-refractivity contribution in [3.8, 4) is 5.75 Å². The SMILES string of the molecule is CCC[C@@H]1S/C(=N/N=C\c2cccs2)N(Cc2ccc(OC)cc2)C1=O.